The Balaban J connectivity index is 1.13. The Labute approximate surface area is 383 Å². The van der Waals surface area contributed by atoms with E-state index in [0.717, 1.165) is 27.8 Å². The molecular formula is C54H63NO10. The maximum atomic E-state index is 12.9. The van der Waals surface area contributed by atoms with Gasteiger partial charge in [-0.05, 0) is 61.9 Å². The van der Waals surface area contributed by atoms with Crippen LogP contribution >= 0.6 is 0 Å². The molecule has 0 spiro atoms. The van der Waals surface area contributed by atoms with Crippen LogP contribution in [0.25, 0.3) is 0 Å². The summed E-state index contributed by atoms with van der Waals surface area (Å²) in [6.07, 6.45) is -5.90. The van der Waals surface area contributed by atoms with Gasteiger partial charge in [0, 0.05) is 12.6 Å². The Bertz CT molecular complexity index is 2200. The van der Waals surface area contributed by atoms with E-state index in [-0.39, 0.29) is 12.5 Å². The number of rotatable bonds is 18. The number of hydrogen-bond donors (Lipinski definition) is 1. The van der Waals surface area contributed by atoms with Gasteiger partial charge in [0.05, 0.1) is 45.2 Å². The van der Waals surface area contributed by atoms with Crippen molar-refractivity contribution in [2.24, 2.45) is 0 Å². The van der Waals surface area contributed by atoms with E-state index in [1.54, 1.807) is 0 Å². The molecule has 4 fully saturated rings. The molecule has 0 aromatic heterocycles. The van der Waals surface area contributed by atoms with Crippen LogP contribution in [0.5, 0.6) is 0 Å². The predicted molar refractivity (Wildman–Crippen MR) is 244 cm³/mol. The number of aliphatic hydroxyl groups excluding tert-OH is 1. The van der Waals surface area contributed by atoms with Crippen LogP contribution in [0.4, 0.5) is 0 Å². The highest BCUT2D eigenvalue weighted by Crippen LogP contribution is 2.46. The lowest BCUT2D eigenvalue weighted by molar-refractivity contribution is -0.262. The lowest BCUT2D eigenvalue weighted by atomic mass is 9.82. The van der Waals surface area contributed by atoms with Gasteiger partial charge in [-0.25, -0.2) is 0 Å². The minimum atomic E-state index is -1.07. The van der Waals surface area contributed by atoms with E-state index in [1.807, 2.05) is 107 Å². The first-order valence-corrected chi connectivity index (χ1v) is 23.0. The molecule has 1 N–H and O–H groups in total. The molecular weight excluding hydrogens is 823 g/mol. The average molecular weight is 886 g/mol. The number of benzene rings is 5. The van der Waals surface area contributed by atoms with Crippen molar-refractivity contribution in [3.8, 4) is 0 Å². The first-order chi connectivity index (χ1) is 31.6. The van der Waals surface area contributed by atoms with E-state index < -0.39 is 72.7 Å². The van der Waals surface area contributed by atoms with Crippen molar-refractivity contribution in [3.05, 3.63) is 179 Å². The molecule has 4 heterocycles. The van der Waals surface area contributed by atoms with Crippen LogP contribution < -0.4 is 0 Å². The molecule has 11 atom stereocenters. The van der Waals surface area contributed by atoms with Gasteiger partial charge in [-0.15, -0.1) is 0 Å². The van der Waals surface area contributed by atoms with Crippen molar-refractivity contribution in [3.63, 3.8) is 0 Å². The van der Waals surface area contributed by atoms with Gasteiger partial charge in [0.2, 0.25) is 0 Å². The molecule has 65 heavy (non-hydrogen) atoms. The van der Waals surface area contributed by atoms with E-state index in [1.165, 1.54) is 0 Å². The molecule has 9 rings (SSSR count). The second-order valence-corrected chi connectivity index (χ2v) is 18.5. The largest absolute Gasteiger partial charge is 0.390 e. The summed E-state index contributed by atoms with van der Waals surface area (Å²) in [5.41, 5.74) is 5.24. The zero-order chi connectivity index (χ0) is 44.8. The Kier molecular flexibility index (Phi) is 14.6. The van der Waals surface area contributed by atoms with Gasteiger partial charge in [0.15, 0.2) is 17.9 Å². The van der Waals surface area contributed by atoms with Crippen molar-refractivity contribution in [2.45, 2.75) is 146 Å². The first kappa shape index (κ1) is 45.8. The summed E-state index contributed by atoms with van der Waals surface area (Å²) in [5.74, 6) is -1.85. The Hall–Kier alpha value is -4.34. The van der Waals surface area contributed by atoms with Crippen molar-refractivity contribution >= 4 is 0 Å². The number of fused-ring (bicyclic) bond motifs is 3. The molecule has 5 aromatic rings. The van der Waals surface area contributed by atoms with E-state index >= 15 is 0 Å². The van der Waals surface area contributed by atoms with Crippen molar-refractivity contribution in [1.29, 1.82) is 0 Å². The van der Waals surface area contributed by atoms with Crippen LogP contribution in [0, 0.1) is 0 Å². The van der Waals surface area contributed by atoms with Gasteiger partial charge in [0.1, 0.15) is 42.7 Å². The van der Waals surface area contributed by atoms with Gasteiger partial charge in [-0.1, -0.05) is 152 Å². The van der Waals surface area contributed by atoms with Crippen molar-refractivity contribution in [1.82, 2.24) is 4.90 Å². The Morgan fingerprint density at radius 2 is 0.908 bits per heavy atom. The van der Waals surface area contributed by atoms with E-state index in [4.69, 9.17) is 42.6 Å². The average Bonchev–Trinajstić information content (AvgIpc) is 3.83. The SMILES string of the molecule is CC1(C)O[C@@H]2[C@H](O1)[C@H]1OC(C)(C)O[C@H]1O[C@@H]2[C@@H](O)C[C@@H]1[C@H](OCc2ccccc2)[C@@H](OCc2ccccc2)[C@H](OCc2ccccc2)[C@@H](COCc2ccccc2)N1Cc1ccccc1. The molecule has 11 nitrogen and oxygen atoms in total. The molecule has 0 amide bonds. The third-order valence-corrected chi connectivity index (χ3v) is 12.8. The Morgan fingerprint density at radius 1 is 0.492 bits per heavy atom. The van der Waals surface area contributed by atoms with Gasteiger partial charge in [0.25, 0.3) is 0 Å². The van der Waals surface area contributed by atoms with E-state index in [2.05, 4.69) is 77.7 Å². The molecule has 0 bridgehead atoms. The fourth-order valence-corrected chi connectivity index (χ4v) is 9.84. The van der Waals surface area contributed by atoms with Crippen LogP contribution in [0.1, 0.15) is 61.9 Å². The van der Waals surface area contributed by atoms with Crippen LogP contribution in [-0.2, 0) is 75.6 Å². The second kappa shape index (κ2) is 20.7. The summed E-state index contributed by atoms with van der Waals surface area (Å²) >= 11 is 0. The number of nitrogens with zero attached hydrogens (tertiary/aromatic N) is 1. The fraction of sp³-hybridized carbons (Fsp3) is 0.444. The zero-order valence-electron chi connectivity index (χ0n) is 37.8. The standard InChI is InChI=1S/C54H63NO10/c1-53(2)62-49-47(61-52-51(50(49)63-53)64-54(3,4)65-52)44(56)30-42-45(58-33-39-24-14-7-15-25-39)48(60-35-41-28-18-9-19-29-41)46(59-34-40-26-16-8-17-27-40)43(36-57-32-38-22-12-6-13-23-38)55(42)31-37-20-10-5-11-21-37/h5-29,42-52,56H,30-36H2,1-4H3/t42-,43-,44+,45+,46-,47-,48-,49+,50+,51-,52-/m1/s1. The monoisotopic (exact) mass is 885 g/mol. The predicted octanol–water partition coefficient (Wildman–Crippen LogP) is 8.36. The zero-order valence-corrected chi connectivity index (χ0v) is 37.8. The van der Waals surface area contributed by atoms with Crippen LogP contribution in [0.15, 0.2) is 152 Å². The van der Waals surface area contributed by atoms with Gasteiger partial charge in [-0.3, -0.25) is 4.90 Å². The van der Waals surface area contributed by atoms with Gasteiger partial charge < -0.3 is 47.7 Å². The summed E-state index contributed by atoms with van der Waals surface area (Å²) in [5, 5.41) is 12.9. The summed E-state index contributed by atoms with van der Waals surface area (Å²) < 4.78 is 60.7. The molecule has 0 radical (unpaired) electrons. The molecule has 0 unspecified atom stereocenters. The highest BCUT2D eigenvalue weighted by atomic mass is 16.9. The van der Waals surface area contributed by atoms with E-state index in [9.17, 15) is 5.11 Å². The van der Waals surface area contributed by atoms with Crippen LogP contribution in [0.3, 0.4) is 0 Å². The summed E-state index contributed by atoms with van der Waals surface area (Å²) in [7, 11) is 0. The summed E-state index contributed by atoms with van der Waals surface area (Å²) in [6.45, 7) is 9.69. The normalized spacial score (nSPS) is 29.8. The van der Waals surface area contributed by atoms with Crippen LogP contribution in [0.2, 0.25) is 0 Å². The molecule has 344 valence electrons. The molecule has 4 aliphatic rings. The van der Waals surface area contributed by atoms with Crippen molar-refractivity contribution < 1.29 is 47.7 Å². The maximum Gasteiger partial charge on any atom is 0.190 e. The number of aliphatic hydroxyl groups is 1. The number of ether oxygens (including phenoxy) is 9. The molecule has 4 saturated heterocycles. The fourth-order valence-electron chi connectivity index (χ4n) is 9.84. The number of piperidine rings is 1. The van der Waals surface area contributed by atoms with Gasteiger partial charge >= 0.3 is 0 Å². The minimum Gasteiger partial charge on any atom is -0.390 e. The summed E-state index contributed by atoms with van der Waals surface area (Å²) in [4.78, 5) is 2.41. The Morgan fingerprint density at radius 3 is 1.43 bits per heavy atom. The molecule has 5 aromatic carbocycles. The molecule has 11 heteroatoms. The highest BCUT2D eigenvalue weighted by Gasteiger charge is 2.62. The quantitative estimate of drug-likeness (QED) is 0.0918. The summed E-state index contributed by atoms with van der Waals surface area (Å²) in [6, 6.07) is 50.3. The minimum absolute atomic E-state index is 0.220. The maximum absolute atomic E-state index is 12.9. The number of hydrogen-bond acceptors (Lipinski definition) is 11. The smallest absolute Gasteiger partial charge is 0.190 e. The highest BCUT2D eigenvalue weighted by molar-refractivity contribution is 5.20. The number of likely N-dealkylation sites (tertiary alicyclic amines) is 1. The topological polar surface area (TPSA) is 107 Å². The van der Waals surface area contributed by atoms with E-state index in [0.29, 0.717) is 39.6 Å². The first-order valence-electron chi connectivity index (χ1n) is 23.0. The van der Waals surface area contributed by atoms with Crippen molar-refractivity contribution in [2.75, 3.05) is 6.61 Å². The lowest BCUT2D eigenvalue weighted by Gasteiger charge is -2.54. The molecule has 0 aliphatic carbocycles. The third kappa shape index (κ3) is 11.3. The third-order valence-electron chi connectivity index (χ3n) is 12.8. The molecule has 4 aliphatic heterocycles. The van der Waals surface area contributed by atoms with Crippen LogP contribution in [-0.4, -0.2) is 95.4 Å². The van der Waals surface area contributed by atoms with Gasteiger partial charge in [-0.2, -0.15) is 0 Å². The second-order valence-electron chi connectivity index (χ2n) is 18.5. The molecule has 0 saturated carbocycles. The lowest BCUT2D eigenvalue weighted by Crippen LogP contribution is -2.69.